The molecule has 1 saturated heterocycles. The maximum absolute atomic E-state index is 12.4. The van der Waals surface area contributed by atoms with Crippen LogP contribution in [0, 0.1) is 0 Å². The number of nitrogens with one attached hydrogen (secondary N) is 1. The molecule has 31 heavy (non-hydrogen) atoms. The molecule has 1 N–H and O–H groups in total. The van der Waals surface area contributed by atoms with Crippen LogP contribution in [-0.2, 0) is 11.2 Å². The van der Waals surface area contributed by atoms with Crippen molar-refractivity contribution < 1.29 is 4.79 Å². The van der Waals surface area contributed by atoms with E-state index in [9.17, 15) is 4.79 Å². The van der Waals surface area contributed by atoms with E-state index >= 15 is 0 Å². The summed E-state index contributed by atoms with van der Waals surface area (Å²) in [6.07, 6.45) is 6.15. The van der Waals surface area contributed by atoms with Crippen molar-refractivity contribution in [2.45, 2.75) is 19.3 Å². The number of aromatic nitrogens is 3. The lowest BCUT2D eigenvalue weighted by Gasteiger charge is -2.15. The number of rotatable bonds is 5. The zero-order valence-electron chi connectivity index (χ0n) is 17.2. The number of fused-ring (bicyclic) bond motifs is 1. The number of para-hydroxylation sites is 1. The van der Waals surface area contributed by atoms with Gasteiger partial charge in [-0.05, 0) is 54.8 Å². The summed E-state index contributed by atoms with van der Waals surface area (Å²) in [5.41, 5.74) is 3.73. The zero-order valence-corrected chi connectivity index (χ0v) is 17.2. The van der Waals surface area contributed by atoms with Crippen molar-refractivity contribution in [3.63, 3.8) is 0 Å². The number of amides is 1. The van der Waals surface area contributed by atoms with Gasteiger partial charge in [-0.3, -0.25) is 9.78 Å². The number of benzene rings is 2. The minimum absolute atomic E-state index is 0.210. The molecule has 154 valence electrons. The first-order valence-corrected chi connectivity index (χ1v) is 10.6. The zero-order chi connectivity index (χ0) is 21.0. The molecule has 0 radical (unpaired) electrons. The van der Waals surface area contributed by atoms with Crippen LogP contribution in [-0.4, -0.2) is 38.8 Å². The number of likely N-dealkylation sites (tertiary alicyclic amines) is 1. The van der Waals surface area contributed by atoms with Gasteiger partial charge in [-0.1, -0.05) is 24.3 Å². The van der Waals surface area contributed by atoms with Crippen LogP contribution >= 0.6 is 0 Å². The summed E-state index contributed by atoms with van der Waals surface area (Å²) in [4.78, 5) is 27.9. The quantitative estimate of drug-likeness (QED) is 0.522. The molecule has 0 bridgehead atoms. The maximum Gasteiger partial charge on any atom is 0.226 e. The first kappa shape index (κ1) is 19.2. The molecule has 1 aliphatic rings. The van der Waals surface area contributed by atoms with E-state index in [4.69, 9.17) is 9.97 Å². The Bertz CT molecular complexity index is 1200. The third kappa shape index (κ3) is 4.23. The Kier molecular flexibility index (Phi) is 5.27. The van der Waals surface area contributed by atoms with Crippen molar-refractivity contribution in [2.75, 3.05) is 18.4 Å². The van der Waals surface area contributed by atoms with Crippen LogP contribution < -0.4 is 5.32 Å². The fourth-order valence-corrected chi connectivity index (χ4v) is 3.90. The van der Waals surface area contributed by atoms with Gasteiger partial charge in [-0.25, -0.2) is 9.97 Å². The van der Waals surface area contributed by atoms with Gasteiger partial charge < -0.3 is 10.2 Å². The molecule has 0 aliphatic carbocycles. The Hall–Kier alpha value is -3.80. The van der Waals surface area contributed by atoms with Crippen LogP contribution in [0.4, 0.5) is 11.5 Å². The Morgan fingerprint density at radius 1 is 0.903 bits per heavy atom. The van der Waals surface area contributed by atoms with E-state index in [1.165, 1.54) is 0 Å². The van der Waals surface area contributed by atoms with Crippen molar-refractivity contribution in [3.05, 3.63) is 78.6 Å². The standard InChI is InChI=1S/C25H23N5O/c31-23(30-15-3-4-16-30)17-18-7-9-20(10-8-18)27-25-21-5-1-2-6-22(21)28-24(29-25)19-11-13-26-14-12-19/h1-2,5-14H,3-4,15-17H2,(H,27,28,29). The highest BCUT2D eigenvalue weighted by molar-refractivity contribution is 5.92. The SMILES string of the molecule is O=C(Cc1ccc(Nc2nc(-c3ccncc3)nc3ccccc23)cc1)N1CCCC1. The first-order valence-electron chi connectivity index (χ1n) is 10.6. The fraction of sp³-hybridized carbons (Fsp3) is 0.200. The number of carbonyl (C=O) groups is 1. The number of anilines is 2. The molecule has 3 heterocycles. The number of nitrogens with zero attached hydrogens (tertiary/aromatic N) is 4. The Morgan fingerprint density at radius 3 is 2.42 bits per heavy atom. The van der Waals surface area contributed by atoms with Gasteiger partial charge in [-0.15, -0.1) is 0 Å². The molecular formula is C25H23N5O. The van der Waals surface area contributed by atoms with E-state index in [0.29, 0.717) is 12.2 Å². The molecule has 0 spiro atoms. The highest BCUT2D eigenvalue weighted by Gasteiger charge is 2.18. The third-order valence-corrected chi connectivity index (χ3v) is 5.57. The number of carbonyl (C=O) groups excluding carboxylic acids is 1. The molecule has 0 atom stereocenters. The molecule has 1 fully saturated rings. The van der Waals surface area contributed by atoms with E-state index < -0.39 is 0 Å². The molecule has 0 saturated carbocycles. The van der Waals surface area contributed by atoms with Crippen LogP contribution in [0.2, 0.25) is 0 Å². The molecular weight excluding hydrogens is 386 g/mol. The molecule has 0 unspecified atom stereocenters. The maximum atomic E-state index is 12.4. The normalized spacial score (nSPS) is 13.5. The van der Waals surface area contributed by atoms with E-state index in [1.807, 2.05) is 65.6 Å². The van der Waals surface area contributed by atoms with Crippen LogP contribution in [0.5, 0.6) is 0 Å². The monoisotopic (exact) mass is 409 g/mol. The summed E-state index contributed by atoms with van der Waals surface area (Å²) >= 11 is 0. The second kappa shape index (κ2) is 8.52. The Balaban J connectivity index is 1.40. The van der Waals surface area contributed by atoms with Crippen LogP contribution in [0.3, 0.4) is 0 Å². The number of hydrogen-bond acceptors (Lipinski definition) is 5. The molecule has 6 heteroatoms. The van der Waals surface area contributed by atoms with Crippen molar-refractivity contribution >= 4 is 28.3 Å². The highest BCUT2D eigenvalue weighted by atomic mass is 16.2. The van der Waals surface area contributed by atoms with Gasteiger partial charge in [0, 0.05) is 42.1 Å². The Labute approximate surface area is 181 Å². The second-order valence-corrected chi connectivity index (χ2v) is 7.74. The fourth-order valence-electron chi connectivity index (χ4n) is 3.90. The summed E-state index contributed by atoms with van der Waals surface area (Å²) in [7, 11) is 0. The van der Waals surface area contributed by atoms with Crippen molar-refractivity contribution in [2.24, 2.45) is 0 Å². The molecule has 2 aromatic heterocycles. The van der Waals surface area contributed by atoms with Gasteiger partial charge in [0.05, 0.1) is 11.9 Å². The van der Waals surface area contributed by atoms with Gasteiger partial charge in [0.15, 0.2) is 5.82 Å². The molecule has 1 aliphatic heterocycles. The second-order valence-electron chi connectivity index (χ2n) is 7.74. The van der Waals surface area contributed by atoms with Crippen molar-refractivity contribution in [1.29, 1.82) is 0 Å². The van der Waals surface area contributed by atoms with Crippen molar-refractivity contribution in [3.8, 4) is 11.4 Å². The van der Waals surface area contributed by atoms with Gasteiger partial charge in [0.25, 0.3) is 0 Å². The lowest BCUT2D eigenvalue weighted by molar-refractivity contribution is -0.129. The van der Waals surface area contributed by atoms with Crippen LogP contribution in [0.1, 0.15) is 18.4 Å². The van der Waals surface area contributed by atoms with Gasteiger partial charge >= 0.3 is 0 Å². The minimum Gasteiger partial charge on any atom is -0.342 e. The largest absolute Gasteiger partial charge is 0.342 e. The van der Waals surface area contributed by atoms with Crippen molar-refractivity contribution in [1.82, 2.24) is 19.9 Å². The molecule has 5 rings (SSSR count). The first-order chi connectivity index (χ1) is 15.3. The lowest BCUT2D eigenvalue weighted by Crippen LogP contribution is -2.29. The van der Waals surface area contributed by atoms with E-state index in [-0.39, 0.29) is 5.91 Å². The lowest BCUT2D eigenvalue weighted by atomic mass is 10.1. The van der Waals surface area contributed by atoms with Gasteiger partial charge in [-0.2, -0.15) is 0 Å². The molecule has 1 amide bonds. The molecule has 2 aromatic carbocycles. The van der Waals surface area contributed by atoms with Gasteiger partial charge in [0.2, 0.25) is 5.91 Å². The van der Waals surface area contributed by atoms with E-state index in [2.05, 4.69) is 10.3 Å². The Morgan fingerprint density at radius 2 is 1.65 bits per heavy atom. The number of pyridine rings is 1. The molecule has 6 nitrogen and oxygen atoms in total. The minimum atomic E-state index is 0.210. The number of hydrogen-bond donors (Lipinski definition) is 1. The smallest absolute Gasteiger partial charge is 0.226 e. The predicted octanol–water partition coefficient (Wildman–Crippen LogP) is 4.60. The predicted molar refractivity (Wildman–Crippen MR) is 122 cm³/mol. The van der Waals surface area contributed by atoms with Crippen LogP contribution in [0.25, 0.3) is 22.3 Å². The average molecular weight is 409 g/mol. The summed E-state index contributed by atoms with van der Waals surface area (Å²) in [5, 5.41) is 4.38. The summed E-state index contributed by atoms with van der Waals surface area (Å²) < 4.78 is 0. The van der Waals surface area contributed by atoms with Gasteiger partial charge in [0.1, 0.15) is 5.82 Å². The highest BCUT2D eigenvalue weighted by Crippen LogP contribution is 2.27. The summed E-state index contributed by atoms with van der Waals surface area (Å²) in [5.74, 6) is 1.61. The third-order valence-electron chi connectivity index (χ3n) is 5.57. The molecule has 4 aromatic rings. The van der Waals surface area contributed by atoms with Crippen LogP contribution in [0.15, 0.2) is 73.1 Å². The van der Waals surface area contributed by atoms with E-state index in [1.54, 1.807) is 12.4 Å². The average Bonchev–Trinajstić information content (AvgIpc) is 3.36. The van der Waals surface area contributed by atoms with E-state index in [0.717, 1.165) is 59.5 Å². The summed E-state index contributed by atoms with van der Waals surface area (Å²) in [6, 6.07) is 19.8. The summed E-state index contributed by atoms with van der Waals surface area (Å²) in [6.45, 7) is 1.78. The topological polar surface area (TPSA) is 71.0 Å².